The molecule has 2 aromatic heterocycles. The van der Waals surface area contributed by atoms with Crippen LogP contribution in [0.5, 0.6) is 0 Å². The largest absolute Gasteiger partial charge is 0.306 e. The van der Waals surface area contributed by atoms with Crippen LogP contribution in [0.15, 0.2) is 36.7 Å². The zero-order valence-corrected chi connectivity index (χ0v) is 8.57. The molecular formula is C11H6N4O2. The van der Waals surface area contributed by atoms with E-state index >= 15 is 0 Å². The van der Waals surface area contributed by atoms with Crippen LogP contribution in [0.25, 0.3) is 11.3 Å². The number of nitrogens with zero attached hydrogens (tertiary/aromatic N) is 4. The summed E-state index contributed by atoms with van der Waals surface area (Å²) in [5.74, 6) is 0. The third-order valence-corrected chi connectivity index (χ3v) is 2.13. The molecule has 0 saturated carbocycles. The van der Waals surface area contributed by atoms with Gasteiger partial charge in [0, 0.05) is 24.0 Å². The minimum Gasteiger partial charge on any atom is -0.258 e. The van der Waals surface area contributed by atoms with E-state index in [2.05, 4.69) is 9.97 Å². The van der Waals surface area contributed by atoms with E-state index in [4.69, 9.17) is 5.26 Å². The van der Waals surface area contributed by atoms with Crippen LogP contribution in [0.4, 0.5) is 5.69 Å². The average Bonchev–Trinajstić information content (AvgIpc) is 2.39. The van der Waals surface area contributed by atoms with Crippen molar-refractivity contribution in [3.8, 4) is 17.3 Å². The Balaban J connectivity index is 2.56. The molecule has 0 aliphatic rings. The number of rotatable bonds is 2. The third kappa shape index (κ3) is 2.08. The first-order chi connectivity index (χ1) is 8.22. The van der Waals surface area contributed by atoms with Gasteiger partial charge in [-0.15, -0.1) is 0 Å². The Hall–Kier alpha value is -2.81. The Morgan fingerprint density at radius 3 is 2.76 bits per heavy atom. The molecule has 0 aromatic carbocycles. The lowest BCUT2D eigenvalue weighted by molar-refractivity contribution is -0.385. The topological polar surface area (TPSA) is 92.7 Å². The van der Waals surface area contributed by atoms with Gasteiger partial charge in [0.1, 0.15) is 6.07 Å². The quantitative estimate of drug-likeness (QED) is 0.576. The van der Waals surface area contributed by atoms with E-state index in [1.54, 1.807) is 30.5 Å². The molecule has 2 aromatic rings. The summed E-state index contributed by atoms with van der Waals surface area (Å²) in [6.07, 6.45) is 2.98. The van der Waals surface area contributed by atoms with Crippen LogP contribution >= 0.6 is 0 Å². The zero-order chi connectivity index (χ0) is 12.3. The molecule has 6 heteroatoms. The highest BCUT2D eigenvalue weighted by Crippen LogP contribution is 2.23. The van der Waals surface area contributed by atoms with E-state index in [-0.39, 0.29) is 11.4 Å². The van der Waals surface area contributed by atoms with Gasteiger partial charge in [-0.3, -0.25) is 15.1 Å². The molecule has 0 aliphatic carbocycles. The Morgan fingerprint density at radius 1 is 1.35 bits per heavy atom. The normalized spacial score (nSPS) is 9.59. The van der Waals surface area contributed by atoms with Crippen LogP contribution < -0.4 is 0 Å². The van der Waals surface area contributed by atoms with Gasteiger partial charge in [-0.2, -0.15) is 5.26 Å². The van der Waals surface area contributed by atoms with Gasteiger partial charge in [0.25, 0.3) is 0 Å². The fourth-order valence-corrected chi connectivity index (χ4v) is 1.35. The Kier molecular flexibility index (Phi) is 2.75. The van der Waals surface area contributed by atoms with E-state index in [1.807, 2.05) is 0 Å². The van der Waals surface area contributed by atoms with Gasteiger partial charge in [-0.1, -0.05) is 6.07 Å². The van der Waals surface area contributed by atoms with Crippen LogP contribution in [-0.4, -0.2) is 14.9 Å². The van der Waals surface area contributed by atoms with Crippen LogP contribution in [0.3, 0.4) is 0 Å². The molecule has 0 spiro atoms. The fraction of sp³-hybridized carbons (Fsp3) is 0. The lowest BCUT2D eigenvalue weighted by Gasteiger charge is -2.00. The number of nitro groups is 1. The van der Waals surface area contributed by atoms with Gasteiger partial charge in [-0.05, 0) is 12.1 Å². The maximum atomic E-state index is 10.8. The summed E-state index contributed by atoms with van der Waals surface area (Å²) >= 11 is 0. The fourth-order valence-electron chi connectivity index (χ4n) is 1.35. The second-order valence-electron chi connectivity index (χ2n) is 3.18. The molecule has 0 N–H and O–H groups in total. The number of aromatic nitrogens is 2. The highest BCUT2D eigenvalue weighted by Gasteiger charge is 2.16. The first-order valence-electron chi connectivity index (χ1n) is 4.68. The second kappa shape index (κ2) is 4.37. The monoisotopic (exact) mass is 226 g/mol. The Labute approximate surface area is 96.3 Å². The van der Waals surface area contributed by atoms with Crippen molar-refractivity contribution < 1.29 is 4.92 Å². The van der Waals surface area contributed by atoms with Crippen LogP contribution in [-0.2, 0) is 0 Å². The highest BCUT2D eigenvalue weighted by molar-refractivity contribution is 5.63. The van der Waals surface area contributed by atoms with Gasteiger partial charge in [0.05, 0.1) is 10.6 Å². The van der Waals surface area contributed by atoms with E-state index in [1.165, 1.54) is 12.3 Å². The van der Waals surface area contributed by atoms with Gasteiger partial charge >= 0.3 is 5.69 Å². The van der Waals surface area contributed by atoms with Crippen molar-refractivity contribution in [2.45, 2.75) is 0 Å². The van der Waals surface area contributed by atoms with Gasteiger partial charge in [0.15, 0.2) is 0 Å². The smallest absolute Gasteiger partial charge is 0.258 e. The SMILES string of the molecule is N#Cc1ncc(-c2ccccn2)cc1[N+](=O)[O-]. The predicted molar refractivity (Wildman–Crippen MR) is 58.8 cm³/mol. The van der Waals surface area contributed by atoms with E-state index in [0.717, 1.165) is 0 Å². The number of hydrogen-bond donors (Lipinski definition) is 0. The van der Waals surface area contributed by atoms with Crippen molar-refractivity contribution in [2.75, 3.05) is 0 Å². The molecule has 2 rings (SSSR count). The molecule has 0 radical (unpaired) electrons. The summed E-state index contributed by atoms with van der Waals surface area (Å²) in [4.78, 5) is 17.9. The number of pyridine rings is 2. The highest BCUT2D eigenvalue weighted by atomic mass is 16.6. The molecule has 0 fully saturated rings. The summed E-state index contributed by atoms with van der Waals surface area (Å²) < 4.78 is 0. The second-order valence-corrected chi connectivity index (χ2v) is 3.18. The molecule has 0 atom stereocenters. The van der Waals surface area contributed by atoms with Crippen molar-refractivity contribution in [3.63, 3.8) is 0 Å². The molecule has 0 saturated heterocycles. The van der Waals surface area contributed by atoms with E-state index in [9.17, 15) is 10.1 Å². The molecule has 17 heavy (non-hydrogen) atoms. The lowest BCUT2D eigenvalue weighted by atomic mass is 10.1. The first kappa shape index (κ1) is 10.7. The predicted octanol–water partition coefficient (Wildman–Crippen LogP) is 1.92. The Bertz CT molecular complexity index is 605. The minimum atomic E-state index is -0.627. The molecule has 0 amide bonds. The van der Waals surface area contributed by atoms with Crippen molar-refractivity contribution >= 4 is 5.69 Å². The molecule has 82 valence electrons. The summed E-state index contributed by atoms with van der Waals surface area (Å²) in [6, 6.07) is 8.21. The van der Waals surface area contributed by atoms with Crippen molar-refractivity contribution in [1.82, 2.24) is 9.97 Å². The molecular weight excluding hydrogens is 220 g/mol. The van der Waals surface area contributed by atoms with Crippen LogP contribution in [0.1, 0.15) is 5.69 Å². The van der Waals surface area contributed by atoms with Gasteiger partial charge < -0.3 is 0 Å². The standard InChI is InChI=1S/C11H6N4O2/c12-6-10-11(15(16)17)5-8(7-14-10)9-3-1-2-4-13-9/h1-5,7H. The number of nitriles is 1. The minimum absolute atomic E-state index is 0.199. The van der Waals surface area contributed by atoms with Crippen LogP contribution in [0, 0.1) is 21.4 Å². The summed E-state index contributed by atoms with van der Waals surface area (Å²) in [5.41, 5.74) is 0.578. The molecule has 0 unspecified atom stereocenters. The van der Waals surface area contributed by atoms with Crippen molar-refractivity contribution in [3.05, 3.63) is 52.5 Å². The van der Waals surface area contributed by atoms with E-state index < -0.39 is 4.92 Å². The Morgan fingerprint density at radius 2 is 2.18 bits per heavy atom. The summed E-state index contributed by atoms with van der Waals surface area (Å²) in [6.45, 7) is 0. The summed E-state index contributed by atoms with van der Waals surface area (Å²) in [7, 11) is 0. The molecule has 0 bridgehead atoms. The van der Waals surface area contributed by atoms with Gasteiger partial charge in [0.2, 0.25) is 5.69 Å². The average molecular weight is 226 g/mol. The first-order valence-corrected chi connectivity index (χ1v) is 4.68. The maximum Gasteiger partial charge on any atom is 0.306 e. The molecule has 6 nitrogen and oxygen atoms in total. The molecule has 2 heterocycles. The lowest BCUT2D eigenvalue weighted by Crippen LogP contribution is -1.96. The van der Waals surface area contributed by atoms with Crippen molar-refractivity contribution in [1.29, 1.82) is 5.26 Å². The zero-order valence-electron chi connectivity index (χ0n) is 8.57. The van der Waals surface area contributed by atoms with E-state index in [0.29, 0.717) is 11.3 Å². The van der Waals surface area contributed by atoms with Crippen LogP contribution in [0.2, 0.25) is 0 Å². The maximum absolute atomic E-state index is 10.8. The van der Waals surface area contributed by atoms with Gasteiger partial charge in [-0.25, -0.2) is 4.98 Å². The van der Waals surface area contributed by atoms with Crippen molar-refractivity contribution in [2.24, 2.45) is 0 Å². The molecule has 0 aliphatic heterocycles. The number of hydrogen-bond acceptors (Lipinski definition) is 5. The third-order valence-electron chi connectivity index (χ3n) is 2.13. The summed E-state index contributed by atoms with van der Waals surface area (Å²) in [5, 5.41) is 19.5.